The summed E-state index contributed by atoms with van der Waals surface area (Å²) in [6.07, 6.45) is 3.47. The second kappa shape index (κ2) is 9.84. The van der Waals surface area contributed by atoms with Crippen molar-refractivity contribution in [3.05, 3.63) is 59.7 Å². The van der Waals surface area contributed by atoms with Gasteiger partial charge in [0.15, 0.2) is 6.04 Å². The van der Waals surface area contributed by atoms with E-state index in [2.05, 4.69) is 17.6 Å². The van der Waals surface area contributed by atoms with E-state index >= 15 is 0 Å². The molecule has 2 rings (SSSR count). The van der Waals surface area contributed by atoms with Gasteiger partial charge in [-0.3, -0.25) is 4.79 Å². The number of quaternary nitrogens is 1. The van der Waals surface area contributed by atoms with Crippen LogP contribution >= 0.6 is 0 Å². The molecule has 0 aliphatic heterocycles. The zero-order valence-electron chi connectivity index (χ0n) is 15.4. The highest BCUT2D eigenvalue weighted by atomic mass is 16.5. The number of methoxy groups -OCH3 is 1. The second-order valence-electron chi connectivity index (χ2n) is 6.31. The Morgan fingerprint density at radius 2 is 1.92 bits per heavy atom. The molecule has 0 aliphatic rings. The van der Waals surface area contributed by atoms with E-state index in [0.717, 1.165) is 29.8 Å². The quantitative estimate of drug-likeness (QED) is 0.687. The average Bonchev–Trinajstić information content (AvgIpc) is 2.62. The van der Waals surface area contributed by atoms with Gasteiger partial charge in [0, 0.05) is 5.56 Å². The smallest absolute Gasteiger partial charge is 0.287 e. The minimum atomic E-state index is -0.261. The highest BCUT2D eigenvalue weighted by Crippen LogP contribution is 2.26. The van der Waals surface area contributed by atoms with Crippen LogP contribution in [0.25, 0.3) is 0 Å². The lowest BCUT2D eigenvalue weighted by molar-refractivity contribution is -0.682. The number of amides is 1. The molecule has 1 amide bonds. The molecule has 0 saturated heterocycles. The van der Waals surface area contributed by atoms with Gasteiger partial charge in [0.2, 0.25) is 0 Å². The molecule has 134 valence electrons. The van der Waals surface area contributed by atoms with Crippen molar-refractivity contribution in [3.63, 3.8) is 0 Å². The molecule has 2 aromatic carbocycles. The number of carbonyl (C=O) groups excluding carboxylic acids is 1. The molecule has 3 N–H and O–H groups in total. The Bertz CT molecular complexity index is 671. The SMILES string of the molecule is CCCCC[NH2+][C@@H](C(=O)Nc1cc(C)ccc1OC)c1ccccc1. The molecule has 0 aliphatic carbocycles. The molecule has 4 nitrogen and oxygen atoms in total. The Hall–Kier alpha value is -2.33. The van der Waals surface area contributed by atoms with Gasteiger partial charge in [-0.1, -0.05) is 49.7 Å². The van der Waals surface area contributed by atoms with Crippen LogP contribution < -0.4 is 15.4 Å². The van der Waals surface area contributed by atoms with E-state index in [-0.39, 0.29) is 11.9 Å². The van der Waals surface area contributed by atoms with Gasteiger partial charge in [-0.05, 0) is 37.5 Å². The summed E-state index contributed by atoms with van der Waals surface area (Å²) < 4.78 is 5.37. The molecule has 2 aromatic rings. The summed E-state index contributed by atoms with van der Waals surface area (Å²) >= 11 is 0. The van der Waals surface area contributed by atoms with Gasteiger partial charge in [-0.25, -0.2) is 0 Å². The van der Waals surface area contributed by atoms with E-state index < -0.39 is 0 Å². The molecule has 0 radical (unpaired) electrons. The number of hydrogen-bond donors (Lipinski definition) is 2. The van der Waals surface area contributed by atoms with Crippen molar-refractivity contribution in [3.8, 4) is 5.75 Å². The predicted octanol–water partition coefficient (Wildman–Crippen LogP) is 3.44. The molecule has 1 atom stereocenters. The van der Waals surface area contributed by atoms with Crippen LogP contribution in [0.4, 0.5) is 5.69 Å². The summed E-state index contributed by atoms with van der Waals surface area (Å²) in [7, 11) is 1.62. The Morgan fingerprint density at radius 1 is 1.16 bits per heavy atom. The highest BCUT2D eigenvalue weighted by molar-refractivity contribution is 5.95. The van der Waals surface area contributed by atoms with Gasteiger partial charge in [0.25, 0.3) is 5.91 Å². The van der Waals surface area contributed by atoms with Crippen LogP contribution in [0.1, 0.15) is 43.4 Å². The maximum Gasteiger partial charge on any atom is 0.287 e. The number of nitrogens with one attached hydrogen (secondary N) is 1. The summed E-state index contributed by atoms with van der Waals surface area (Å²) in [5.74, 6) is 0.656. The summed E-state index contributed by atoms with van der Waals surface area (Å²) in [6, 6.07) is 15.5. The van der Waals surface area contributed by atoms with Crippen LogP contribution in [-0.2, 0) is 4.79 Å². The largest absolute Gasteiger partial charge is 0.495 e. The van der Waals surface area contributed by atoms with E-state index in [1.807, 2.05) is 55.5 Å². The first-order valence-corrected chi connectivity index (χ1v) is 8.99. The molecule has 4 heteroatoms. The van der Waals surface area contributed by atoms with Crippen molar-refractivity contribution in [2.75, 3.05) is 19.0 Å². The molecule has 0 unspecified atom stereocenters. The fourth-order valence-electron chi connectivity index (χ4n) is 2.86. The molecular formula is C21H29N2O2+. The first kappa shape index (κ1) is 19.0. The number of hydrogen-bond acceptors (Lipinski definition) is 2. The molecule has 0 fully saturated rings. The van der Waals surface area contributed by atoms with Gasteiger partial charge in [-0.15, -0.1) is 0 Å². The van der Waals surface area contributed by atoms with E-state index in [4.69, 9.17) is 4.74 Å². The first-order valence-electron chi connectivity index (χ1n) is 8.99. The molecule has 0 aromatic heterocycles. The van der Waals surface area contributed by atoms with E-state index in [0.29, 0.717) is 5.75 Å². The van der Waals surface area contributed by atoms with E-state index in [1.165, 1.54) is 12.8 Å². The molecule has 0 saturated carbocycles. The monoisotopic (exact) mass is 341 g/mol. The summed E-state index contributed by atoms with van der Waals surface area (Å²) in [4.78, 5) is 13.0. The second-order valence-corrected chi connectivity index (χ2v) is 6.31. The molecule has 0 spiro atoms. The normalized spacial score (nSPS) is 11.8. The van der Waals surface area contributed by atoms with Crippen LogP contribution in [0.3, 0.4) is 0 Å². The Morgan fingerprint density at radius 3 is 2.60 bits per heavy atom. The zero-order chi connectivity index (χ0) is 18.1. The number of nitrogens with two attached hydrogens (primary N) is 1. The molecule has 0 heterocycles. The van der Waals surface area contributed by atoms with Crippen molar-refractivity contribution in [2.45, 2.75) is 39.2 Å². The first-order chi connectivity index (χ1) is 12.2. The minimum absolute atomic E-state index is 0.0217. The fraction of sp³-hybridized carbons (Fsp3) is 0.381. The van der Waals surface area contributed by atoms with Gasteiger partial charge < -0.3 is 15.4 Å². The van der Waals surface area contributed by atoms with Gasteiger partial charge in [0.1, 0.15) is 5.75 Å². The molecule has 25 heavy (non-hydrogen) atoms. The lowest BCUT2D eigenvalue weighted by atomic mass is 10.1. The minimum Gasteiger partial charge on any atom is -0.495 e. The fourth-order valence-corrected chi connectivity index (χ4v) is 2.86. The number of rotatable bonds is 9. The van der Waals surface area contributed by atoms with Crippen molar-refractivity contribution in [2.24, 2.45) is 0 Å². The standard InChI is InChI=1S/C21H28N2O2/c1-4-5-9-14-22-20(17-10-7-6-8-11-17)21(24)23-18-15-16(2)12-13-19(18)25-3/h6-8,10-13,15,20,22H,4-5,9,14H2,1-3H3,(H,23,24)/p+1/t20-/m1/s1. The van der Waals surface area contributed by atoms with E-state index in [1.54, 1.807) is 7.11 Å². The maximum atomic E-state index is 13.0. The molecule has 0 bridgehead atoms. The van der Waals surface area contributed by atoms with E-state index in [9.17, 15) is 4.79 Å². The topological polar surface area (TPSA) is 54.9 Å². The van der Waals surface area contributed by atoms with Crippen LogP contribution in [0, 0.1) is 6.92 Å². The zero-order valence-corrected chi connectivity index (χ0v) is 15.4. The highest BCUT2D eigenvalue weighted by Gasteiger charge is 2.24. The van der Waals surface area contributed by atoms with Crippen LogP contribution in [0.2, 0.25) is 0 Å². The number of ether oxygens (including phenoxy) is 1. The summed E-state index contributed by atoms with van der Waals surface area (Å²) in [5, 5.41) is 5.17. The van der Waals surface area contributed by atoms with Crippen LogP contribution in [-0.4, -0.2) is 19.6 Å². The number of benzene rings is 2. The summed E-state index contributed by atoms with van der Waals surface area (Å²) in [5.41, 5.74) is 2.82. The Balaban J connectivity index is 2.16. The maximum absolute atomic E-state index is 13.0. The van der Waals surface area contributed by atoms with Crippen molar-refractivity contribution in [1.29, 1.82) is 0 Å². The third-order valence-electron chi connectivity index (χ3n) is 4.26. The van der Waals surface area contributed by atoms with Crippen LogP contribution in [0.15, 0.2) is 48.5 Å². The van der Waals surface area contributed by atoms with Gasteiger partial charge in [-0.2, -0.15) is 0 Å². The van der Waals surface area contributed by atoms with Crippen molar-refractivity contribution < 1.29 is 14.8 Å². The van der Waals surface area contributed by atoms with Crippen molar-refractivity contribution in [1.82, 2.24) is 0 Å². The number of unbranched alkanes of at least 4 members (excludes halogenated alkanes) is 2. The third kappa shape index (κ3) is 5.61. The predicted molar refractivity (Wildman–Crippen MR) is 102 cm³/mol. The van der Waals surface area contributed by atoms with Gasteiger partial charge in [0.05, 0.1) is 19.3 Å². The molecular weight excluding hydrogens is 312 g/mol. The number of aryl methyl sites for hydroxylation is 1. The Kier molecular flexibility index (Phi) is 7.48. The van der Waals surface area contributed by atoms with Crippen molar-refractivity contribution >= 4 is 11.6 Å². The van der Waals surface area contributed by atoms with Crippen LogP contribution in [0.5, 0.6) is 5.75 Å². The lowest BCUT2D eigenvalue weighted by Gasteiger charge is -2.17. The lowest BCUT2D eigenvalue weighted by Crippen LogP contribution is -2.87. The number of carbonyl (C=O) groups is 1. The third-order valence-corrected chi connectivity index (χ3v) is 4.26. The number of anilines is 1. The Labute approximate surface area is 150 Å². The summed E-state index contributed by atoms with van der Waals surface area (Å²) in [6.45, 7) is 5.12. The average molecular weight is 341 g/mol. The van der Waals surface area contributed by atoms with Gasteiger partial charge >= 0.3 is 0 Å².